The van der Waals surface area contributed by atoms with Crippen molar-refractivity contribution in [3.8, 4) is 5.75 Å². The number of para-hydroxylation sites is 2. The molecule has 1 aromatic carbocycles. The molecule has 2 atom stereocenters. The molecule has 136 valence electrons. The Morgan fingerprint density at radius 2 is 2.04 bits per heavy atom. The molecule has 0 unspecified atom stereocenters. The number of urea groups is 1. The Morgan fingerprint density at radius 1 is 1.24 bits per heavy atom. The molecule has 0 radical (unpaired) electrons. The first-order chi connectivity index (χ1) is 12.1. The fourth-order valence-electron chi connectivity index (χ4n) is 3.81. The van der Waals surface area contributed by atoms with Crippen LogP contribution in [0.5, 0.6) is 5.75 Å². The first-order valence-corrected chi connectivity index (χ1v) is 9.13. The molecule has 25 heavy (non-hydrogen) atoms. The Labute approximate surface area is 150 Å². The lowest BCUT2D eigenvalue weighted by Crippen LogP contribution is -2.45. The zero-order valence-corrected chi connectivity index (χ0v) is 15.5. The van der Waals surface area contributed by atoms with Crippen LogP contribution in [0, 0.1) is 5.92 Å². The largest absolute Gasteiger partial charge is 0.495 e. The van der Waals surface area contributed by atoms with E-state index in [4.69, 9.17) is 4.74 Å². The molecule has 0 aromatic heterocycles. The summed E-state index contributed by atoms with van der Waals surface area (Å²) in [5.74, 6) is 1.26. The third-order valence-electron chi connectivity index (χ3n) is 5.20. The maximum atomic E-state index is 12.8. The SMILES string of the molecule is COc1ccccc1NC(=O)N1C[C@@H]2CC[C@H](C1)N(CC=C(C)C)C2. The second kappa shape index (κ2) is 7.91. The summed E-state index contributed by atoms with van der Waals surface area (Å²) in [5.41, 5.74) is 2.08. The molecule has 3 fully saturated rings. The van der Waals surface area contributed by atoms with Gasteiger partial charge in [-0.1, -0.05) is 23.8 Å². The van der Waals surface area contributed by atoms with Crippen LogP contribution in [0.4, 0.5) is 10.5 Å². The predicted octanol–water partition coefficient (Wildman–Crippen LogP) is 3.59. The molecule has 4 rings (SSSR count). The second-order valence-corrected chi connectivity index (χ2v) is 7.37. The van der Waals surface area contributed by atoms with E-state index in [0.717, 1.165) is 31.9 Å². The van der Waals surface area contributed by atoms with Crippen molar-refractivity contribution in [1.82, 2.24) is 9.80 Å². The van der Waals surface area contributed by atoms with Crippen LogP contribution in [0.2, 0.25) is 0 Å². The van der Waals surface area contributed by atoms with Gasteiger partial charge in [0, 0.05) is 32.2 Å². The van der Waals surface area contributed by atoms with E-state index in [1.807, 2.05) is 29.2 Å². The van der Waals surface area contributed by atoms with Gasteiger partial charge in [-0.3, -0.25) is 4.90 Å². The van der Waals surface area contributed by atoms with Crippen LogP contribution in [-0.4, -0.2) is 55.2 Å². The number of carbonyl (C=O) groups is 1. The maximum Gasteiger partial charge on any atom is 0.322 e. The van der Waals surface area contributed by atoms with Gasteiger partial charge in [0.25, 0.3) is 0 Å². The zero-order valence-electron chi connectivity index (χ0n) is 15.5. The lowest BCUT2D eigenvalue weighted by Gasteiger charge is -2.35. The van der Waals surface area contributed by atoms with Crippen LogP contribution in [0.15, 0.2) is 35.9 Å². The number of ether oxygens (including phenoxy) is 1. The quantitative estimate of drug-likeness (QED) is 0.850. The summed E-state index contributed by atoms with van der Waals surface area (Å²) in [4.78, 5) is 17.3. The van der Waals surface area contributed by atoms with Crippen molar-refractivity contribution in [3.05, 3.63) is 35.9 Å². The first kappa shape index (κ1) is 17.8. The van der Waals surface area contributed by atoms with Gasteiger partial charge in [-0.05, 0) is 44.7 Å². The number of fused-ring (bicyclic) bond motifs is 4. The average molecular weight is 343 g/mol. The Balaban J connectivity index is 1.67. The summed E-state index contributed by atoms with van der Waals surface area (Å²) < 4.78 is 5.34. The van der Waals surface area contributed by atoms with Crippen molar-refractivity contribution in [1.29, 1.82) is 0 Å². The molecule has 0 saturated carbocycles. The lowest BCUT2D eigenvalue weighted by molar-refractivity contribution is 0.147. The normalized spacial score (nSPS) is 23.1. The number of benzene rings is 1. The molecule has 1 aromatic rings. The van der Waals surface area contributed by atoms with Gasteiger partial charge in [-0.25, -0.2) is 4.79 Å². The van der Waals surface area contributed by atoms with Gasteiger partial charge in [0.1, 0.15) is 5.75 Å². The van der Waals surface area contributed by atoms with E-state index in [0.29, 0.717) is 17.7 Å². The Kier molecular flexibility index (Phi) is 5.63. The van der Waals surface area contributed by atoms with E-state index in [2.05, 4.69) is 30.1 Å². The monoisotopic (exact) mass is 343 g/mol. The average Bonchev–Trinajstić information content (AvgIpc) is 2.92. The van der Waals surface area contributed by atoms with Crippen molar-refractivity contribution in [2.24, 2.45) is 5.92 Å². The highest BCUT2D eigenvalue weighted by Crippen LogP contribution is 2.29. The predicted molar refractivity (Wildman–Crippen MR) is 101 cm³/mol. The van der Waals surface area contributed by atoms with Crippen LogP contribution in [-0.2, 0) is 0 Å². The zero-order chi connectivity index (χ0) is 17.8. The van der Waals surface area contributed by atoms with Crippen molar-refractivity contribution >= 4 is 11.7 Å². The van der Waals surface area contributed by atoms with Crippen LogP contribution in [0.3, 0.4) is 0 Å². The summed E-state index contributed by atoms with van der Waals surface area (Å²) in [6, 6.07) is 7.99. The fourth-order valence-corrected chi connectivity index (χ4v) is 3.81. The summed E-state index contributed by atoms with van der Waals surface area (Å²) in [6.07, 6.45) is 4.69. The molecule has 5 nitrogen and oxygen atoms in total. The number of anilines is 1. The van der Waals surface area contributed by atoms with Gasteiger partial charge >= 0.3 is 6.03 Å². The molecule has 0 spiro atoms. The number of amides is 2. The number of nitrogens with one attached hydrogen (secondary N) is 1. The molecule has 5 heteroatoms. The van der Waals surface area contributed by atoms with E-state index in [9.17, 15) is 4.79 Å². The number of allylic oxidation sites excluding steroid dienone is 1. The van der Waals surface area contributed by atoms with E-state index >= 15 is 0 Å². The second-order valence-electron chi connectivity index (χ2n) is 7.37. The van der Waals surface area contributed by atoms with Crippen LogP contribution >= 0.6 is 0 Å². The summed E-state index contributed by atoms with van der Waals surface area (Å²) in [6.45, 7) is 8.00. The van der Waals surface area contributed by atoms with Crippen LogP contribution in [0.25, 0.3) is 0 Å². The molecular weight excluding hydrogens is 314 g/mol. The topological polar surface area (TPSA) is 44.8 Å². The van der Waals surface area contributed by atoms with E-state index in [-0.39, 0.29) is 6.03 Å². The van der Waals surface area contributed by atoms with Gasteiger partial charge in [-0.2, -0.15) is 0 Å². The molecule has 1 N–H and O–H groups in total. The highest BCUT2D eigenvalue weighted by molar-refractivity contribution is 5.91. The van der Waals surface area contributed by atoms with E-state index < -0.39 is 0 Å². The standard InChI is InChI=1S/C20H29N3O2/c1-15(2)10-11-22-12-16-8-9-17(22)14-23(13-16)20(24)21-18-6-4-5-7-19(18)25-3/h4-7,10,16-17H,8-9,11-14H2,1-3H3,(H,21,24)/t16-,17-/m1/s1. The van der Waals surface area contributed by atoms with E-state index in [1.54, 1.807) is 7.11 Å². The third-order valence-corrected chi connectivity index (χ3v) is 5.20. The Hall–Kier alpha value is -2.01. The number of carbonyl (C=O) groups excluding carboxylic acids is 1. The van der Waals surface area contributed by atoms with Gasteiger partial charge in [-0.15, -0.1) is 0 Å². The van der Waals surface area contributed by atoms with E-state index in [1.165, 1.54) is 18.4 Å². The van der Waals surface area contributed by atoms with Crippen molar-refractivity contribution in [2.45, 2.75) is 32.7 Å². The number of hydrogen-bond acceptors (Lipinski definition) is 3. The lowest BCUT2D eigenvalue weighted by atomic mass is 9.95. The number of piperidine rings is 1. The minimum absolute atomic E-state index is 0.0227. The summed E-state index contributed by atoms with van der Waals surface area (Å²) >= 11 is 0. The minimum atomic E-state index is -0.0227. The molecule has 3 aliphatic rings. The van der Waals surface area contributed by atoms with Crippen molar-refractivity contribution < 1.29 is 9.53 Å². The number of rotatable bonds is 4. The summed E-state index contributed by atoms with van der Waals surface area (Å²) in [7, 11) is 1.62. The van der Waals surface area contributed by atoms with Crippen LogP contribution in [0.1, 0.15) is 26.7 Å². The van der Waals surface area contributed by atoms with Gasteiger partial charge in [0.2, 0.25) is 0 Å². The highest BCUT2D eigenvalue weighted by Gasteiger charge is 2.36. The van der Waals surface area contributed by atoms with Gasteiger partial charge < -0.3 is 15.0 Å². The molecule has 3 aliphatic heterocycles. The molecule has 0 aliphatic carbocycles. The Bertz CT molecular complexity index is 640. The maximum absolute atomic E-state index is 12.8. The molecular formula is C20H29N3O2. The molecule has 2 amide bonds. The molecule has 2 bridgehead atoms. The smallest absolute Gasteiger partial charge is 0.322 e. The minimum Gasteiger partial charge on any atom is -0.495 e. The summed E-state index contributed by atoms with van der Waals surface area (Å²) in [5, 5.41) is 3.02. The fraction of sp³-hybridized carbons (Fsp3) is 0.550. The van der Waals surface area contributed by atoms with Crippen molar-refractivity contribution in [3.63, 3.8) is 0 Å². The molecule has 3 saturated heterocycles. The number of hydrogen-bond donors (Lipinski definition) is 1. The first-order valence-electron chi connectivity index (χ1n) is 9.13. The number of nitrogens with zero attached hydrogens (tertiary/aromatic N) is 2. The number of methoxy groups -OCH3 is 1. The highest BCUT2D eigenvalue weighted by atomic mass is 16.5. The van der Waals surface area contributed by atoms with Gasteiger partial charge in [0.05, 0.1) is 12.8 Å². The van der Waals surface area contributed by atoms with Gasteiger partial charge in [0.15, 0.2) is 0 Å². The molecule has 3 heterocycles. The third kappa shape index (κ3) is 4.34. The Morgan fingerprint density at radius 3 is 2.80 bits per heavy atom. The van der Waals surface area contributed by atoms with Crippen molar-refractivity contribution in [2.75, 3.05) is 38.6 Å². The van der Waals surface area contributed by atoms with Crippen LogP contribution < -0.4 is 10.1 Å².